The number of piperidine rings is 1. The minimum atomic E-state index is -1.43. The van der Waals surface area contributed by atoms with Gasteiger partial charge in [-0.2, -0.15) is 0 Å². The number of hydrogen-bond acceptors (Lipinski definition) is 7. The van der Waals surface area contributed by atoms with E-state index in [1.807, 2.05) is 66.7 Å². The Morgan fingerprint density at radius 3 is 2.00 bits per heavy atom. The molecule has 0 aliphatic carbocycles. The van der Waals surface area contributed by atoms with Gasteiger partial charge in [-0.15, -0.1) is 0 Å². The van der Waals surface area contributed by atoms with Gasteiger partial charge < -0.3 is 31.3 Å². The first-order valence-corrected chi connectivity index (χ1v) is 18.9. The molecule has 13 nitrogen and oxygen atoms in total. The molecule has 2 saturated heterocycles. The van der Waals surface area contributed by atoms with Gasteiger partial charge in [0.25, 0.3) is 0 Å². The molecule has 56 heavy (non-hydrogen) atoms. The fraction of sp³-hybridized carbons (Fsp3) is 0.326. The molecule has 0 saturated carbocycles. The minimum Gasteiger partial charge on any atom is -0.481 e. The summed E-state index contributed by atoms with van der Waals surface area (Å²) >= 11 is 0. The third-order valence-corrected chi connectivity index (χ3v) is 10.4. The second-order valence-electron chi connectivity index (χ2n) is 14.4. The lowest BCUT2D eigenvalue weighted by Gasteiger charge is -2.39. The number of carboxylic acids is 1. The van der Waals surface area contributed by atoms with E-state index in [-0.39, 0.29) is 43.2 Å². The normalized spacial score (nSPS) is 19.9. The van der Waals surface area contributed by atoms with Gasteiger partial charge in [0.2, 0.25) is 29.5 Å². The van der Waals surface area contributed by atoms with Gasteiger partial charge in [-0.25, -0.2) is 0 Å². The van der Waals surface area contributed by atoms with Crippen molar-refractivity contribution in [3.8, 4) is 0 Å². The van der Waals surface area contributed by atoms with Crippen LogP contribution in [0.5, 0.6) is 0 Å². The van der Waals surface area contributed by atoms with Crippen molar-refractivity contribution in [1.29, 1.82) is 0 Å². The summed E-state index contributed by atoms with van der Waals surface area (Å²) in [7, 11) is 0. The third kappa shape index (κ3) is 10.4. The molecule has 3 heterocycles. The Morgan fingerprint density at radius 2 is 1.36 bits per heavy atom. The van der Waals surface area contributed by atoms with E-state index in [9.17, 15) is 33.9 Å². The first-order valence-electron chi connectivity index (χ1n) is 18.9. The molecule has 6 atom stereocenters. The summed E-state index contributed by atoms with van der Waals surface area (Å²) in [5.41, 5.74) is 3.32. The quantitative estimate of drug-likeness (QED) is 0.115. The minimum absolute atomic E-state index is 0.00122. The highest BCUT2D eigenvalue weighted by molar-refractivity contribution is 5.97. The first kappa shape index (κ1) is 39.3. The molecule has 2 fully saturated rings. The fourth-order valence-electron chi connectivity index (χ4n) is 7.67. The number of nitrogens with one attached hydrogen (secondary N) is 4. The number of fused-ring (bicyclic) bond motifs is 1. The number of aliphatic carboxylic acids is 1. The molecule has 6 rings (SSSR count). The van der Waals surface area contributed by atoms with Crippen LogP contribution in [0.1, 0.15) is 47.9 Å². The van der Waals surface area contributed by atoms with Crippen molar-refractivity contribution >= 4 is 35.5 Å². The summed E-state index contributed by atoms with van der Waals surface area (Å²) in [4.78, 5) is 86.4. The summed E-state index contributed by atoms with van der Waals surface area (Å²) < 4.78 is 0. The molecule has 0 spiro atoms. The molecule has 2 aliphatic heterocycles. The maximum Gasteiger partial charge on any atom is 0.305 e. The summed E-state index contributed by atoms with van der Waals surface area (Å²) in [5.74, 6) is -4.04. The van der Waals surface area contributed by atoms with E-state index >= 15 is 0 Å². The summed E-state index contributed by atoms with van der Waals surface area (Å²) in [6.07, 6.45) is 4.45. The highest BCUT2D eigenvalue weighted by Crippen LogP contribution is 2.39. The van der Waals surface area contributed by atoms with Gasteiger partial charge in [-0.3, -0.25) is 33.8 Å². The predicted octanol–water partition coefficient (Wildman–Crippen LogP) is 2.73. The standard InChI is InChI=1S/C43H46N6O7/c50-38(24-29-12-6-2-7-13-29)46-33-16-17-36-32(22-28-10-4-1-5-11-28)25-37(49(36)43(33)56)42(55)48-34(23-30-18-20-44-21-19-30)41(54)47-35(26-39(51)52)40(53)45-27-31-14-8-3-9-15-31/h1-15,18-21,32-37H,16-17,22-27H2,(H,45,53)(H,46,50)(H,47,54)(H,48,55)(H,51,52)/t32-,33-,34+,35-,36?,37+/m1/s1. The van der Waals surface area contributed by atoms with Gasteiger partial charge in [0.15, 0.2) is 0 Å². The van der Waals surface area contributed by atoms with Gasteiger partial charge in [0.1, 0.15) is 24.2 Å². The van der Waals surface area contributed by atoms with Crippen molar-refractivity contribution in [2.45, 2.75) is 81.7 Å². The second kappa shape index (κ2) is 18.8. The first-order chi connectivity index (χ1) is 27.1. The number of pyridine rings is 1. The van der Waals surface area contributed by atoms with Crippen LogP contribution in [0, 0.1) is 5.92 Å². The van der Waals surface area contributed by atoms with E-state index in [0.29, 0.717) is 31.2 Å². The van der Waals surface area contributed by atoms with Crippen LogP contribution in [0.15, 0.2) is 116 Å². The molecule has 5 amide bonds. The SMILES string of the molecule is O=C(O)C[C@@H](NC(=O)[C@H](Cc1ccncc1)NC(=O)[C@@H]1C[C@@H](Cc2ccccc2)C2CC[C@@H](NC(=O)Cc3ccccc3)C(=O)N21)C(=O)NCc1ccccc1. The average Bonchev–Trinajstić information content (AvgIpc) is 3.57. The number of rotatable bonds is 16. The zero-order valence-corrected chi connectivity index (χ0v) is 30.9. The van der Waals surface area contributed by atoms with Crippen LogP contribution in [0.4, 0.5) is 0 Å². The van der Waals surface area contributed by atoms with Gasteiger partial charge in [0, 0.05) is 31.4 Å². The fourth-order valence-corrected chi connectivity index (χ4v) is 7.67. The molecule has 0 radical (unpaired) electrons. The van der Waals surface area contributed by atoms with E-state index in [1.165, 1.54) is 0 Å². The molecule has 1 unspecified atom stereocenters. The highest BCUT2D eigenvalue weighted by atomic mass is 16.4. The van der Waals surface area contributed by atoms with Crippen LogP contribution >= 0.6 is 0 Å². The Balaban J connectivity index is 1.21. The number of carbonyl (C=O) groups is 6. The second-order valence-corrected chi connectivity index (χ2v) is 14.4. The predicted molar refractivity (Wildman–Crippen MR) is 206 cm³/mol. The number of amides is 5. The lowest BCUT2D eigenvalue weighted by Crippen LogP contribution is -2.61. The van der Waals surface area contributed by atoms with Crippen molar-refractivity contribution in [2.24, 2.45) is 5.92 Å². The lowest BCUT2D eigenvalue weighted by molar-refractivity contribution is -0.147. The molecular formula is C43H46N6O7. The summed E-state index contributed by atoms with van der Waals surface area (Å²) in [6.45, 7) is 0.118. The molecule has 1 aromatic heterocycles. The molecular weight excluding hydrogens is 713 g/mol. The largest absolute Gasteiger partial charge is 0.481 e. The highest BCUT2D eigenvalue weighted by Gasteiger charge is 2.51. The topological polar surface area (TPSA) is 187 Å². The van der Waals surface area contributed by atoms with E-state index in [1.54, 1.807) is 53.7 Å². The Morgan fingerprint density at radius 1 is 0.732 bits per heavy atom. The van der Waals surface area contributed by atoms with Gasteiger partial charge in [0.05, 0.1) is 12.8 Å². The molecule has 4 aromatic rings. The summed E-state index contributed by atoms with van der Waals surface area (Å²) in [6, 6.07) is 26.7. The van der Waals surface area contributed by atoms with Crippen LogP contribution in [0.25, 0.3) is 0 Å². The number of nitrogens with zero attached hydrogens (tertiary/aromatic N) is 2. The molecule has 290 valence electrons. The van der Waals surface area contributed by atoms with Crippen LogP contribution in [-0.4, -0.2) is 80.7 Å². The zero-order chi connectivity index (χ0) is 39.4. The number of hydrogen-bond donors (Lipinski definition) is 5. The van der Waals surface area contributed by atoms with Crippen molar-refractivity contribution in [3.05, 3.63) is 138 Å². The zero-order valence-electron chi connectivity index (χ0n) is 30.9. The van der Waals surface area contributed by atoms with Crippen molar-refractivity contribution in [1.82, 2.24) is 31.2 Å². The van der Waals surface area contributed by atoms with Crippen LogP contribution in [-0.2, 0) is 54.6 Å². The van der Waals surface area contributed by atoms with Gasteiger partial charge >= 0.3 is 5.97 Å². The Bertz CT molecular complexity index is 1980. The maximum absolute atomic E-state index is 14.4. The van der Waals surface area contributed by atoms with E-state index in [2.05, 4.69) is 26.3 Å². The van der Waals surface area contributed by atoms with Gasteiger partial charge in [-0.05, 0) is 66.0 Å². The molecule has 0 bridgehead atoms. The number of carbonyl (C=O) groups excluding carboxylic acids is 5. The van der Waals surface area contributed by atoms with Crippen LogP contribution < -0.4 is 21.3 Å². The third-order valence-electron chi connectivity index (χ3n) is 10.4. The molecule has 2 aliphatic rings. The molecule has 5 N–H and O–H groups in total. The van der Waals surface area contributed by atoms with E-state index < -0.39 is 54.3 Å². The van der Waals surface area contributed by atoms with E-state index in [4.69, 9.17) is 0 Å². The average molecular weight is 759 g/mol. The summed E-state index contributed by atoms with van der Waals surface area (Å²) in [5, 5.41) is 20.6. The lowest BCUT2D eigenvalue weighted by atomic mass is 9.86. The number of benzene rings is 3. The van der Waals surface area contributed by atoms with Gasteiger partial charge in [-0.1, -0.05) is 91.0 Å². The number of aromatic nitrogens is 1. The Kier molecular flexibility index (Phi) is 13.2. The Labute approximate surface area is 325 Å². The van der Waals surface area contributed by atoms with Crippen molar-refractivity contribution < 1.29 is 33.9 Å². The molecule has 3 aromatic carbocycles. The van der Waals surface area contributed by atoms with Crippen molar-refractivity contribution in [2.75, 3.05) is 0 Å². The Hall–Kier alpha value is -6.37. The smallest absolute Gasteiger partial charge is 0.305 e. The van der Waals surface area contributed by atoms with Crippen LogP contribution in [0.3, 0.4) is 0 Å². The van der Waals surface area contributed by atoms with Crippen molar-refractivity contribution in [3.63, 3.8) is 0 Å². The number of carboxylic acid groups (broad SMARTS) is 1. The van der Waals surface area contributed by atoms with Crippen LogP contribution in [0.2, 0.25) is 0 Å². The van der Waals surface area contributed by atoms with E-state index in [0.717, 1.165) is 16.7 Å². The molecule has 13 heteroatoms. The maximum atomic E-state index is 14.4. The monoisotopic (exact) mass is 758 g/mol.